The lowest BCUT2D eigenvalue weighted by Gasteiger charge is -2.20. The van der Waals surface area contributed by atoms with Crippen LogP contribution in [0.25, 0.3) is 0 Å². The highest BCUT2D eigenvalue weighted by molar-refractivity contribution is 6.34. The molecule has 16 heavy (non-hydrogen) atoms. The van der Waals surface area contributed by atoms with E-state index < -0.39 is 0 Å². The maximum atomic E-state index is 5.92. The second kappa shape index (κ2) is 6.45. The van der Waals surface area contributed by atoms with Gasteiger partial charge in [-0.15, -0.1) is 0 Å². The van der Waals surface area contributed by atoms with E-state index in [0.717, 1.165) is 18.7 Å². The van der Waals surface area contributed by atoms with Crippen LogP contribution in [-0.4, -0.2) is 31.6 Å². The van der Waals surface area contributed by atoms with E-state index in [4.69, 9.17) is 23.2 Å². The lowest BCUT2D eigenvalue weighted by molar-refractivity contribution is 0.302. The van der Waals surface area contributed by atoms with Crippen molar-refractivity contribution in [2.45, 2.75) is 19.5 Å². The van der Waals surface area contributed by atoms with Gasteiger partial charge in [-0.2, -0.15) is 0 Å². The smallest absolute Gasteiger partial charge is 0.0424 e. The fourth-order valence-corrected chi connectivity index (χ4v) is 1.89. The van der Waals surface area contributed by atoms with E-state index >= 15 is 0 Å². The molecule has 0 aromatic heterocycles. The van der Waals surface area contributed by atoms with E-state index in [0.29, 0.717) is 16.1 Å². The highest BCUT2D eigenvalue weighted by Crippen LogP contribution is 2.18. The summed E-state index contributed by atoms with van der Waals surface area (Å²) < 4.78 is 0. The molecule has 0 saturated carbocycles. The third-order valence-corrected chi connectivity index (χ3v) is 3.01. The van der Waals surface area contributed by atoms with Crippen molar-refractivity contribution in [3.05, 3.63) is 33.8 Å². The molecule has 0 spiro atoms. The molecule has 0 aliphatic heterocycles. The van der Waals surface area contributed by atoms with Crippen LogP contribution in [0.4, 0.5) is 0 Å². The zero-order valence-electron chi connectivity index (χ0n) is 9.93. The molecule has 0 saturated heterocycles. The van der Waals surface area contributed by atoms with Crippen molar-refractivity contribution in [2.75, 3.05) is 20.6 Å². The monoisotopic (exact) mass is 260 g/mol. The number of rotatable bonds is 5. The van der Waals surface area contributed by atoms with Crippen LogP contribution < -0.4 is 5.32 Å². The highest BCUT2D eigenvalue weighted by Gasteiger charge is 2.03. The van der Waals surface area contributed by atoms with E-state index in [1.165, 1.54) is 0 Å². The summed E-state index contributed by atoms with van der Waals surface area (Å²) in [6.07, 6.45) is 0. The van der Waals surface area contributed by atoms with Gasteiger partial charge in [-0.1, -0.05) is 23.2 Å². The molecule has 0 heterocycles. The molecule has 1 unspecified atom stereocenters. The Bertz CT molecular complexity index is 320. The van der Waals surface area contributed by atoms with E-state index in [-0.39, 0.29) is 0 Å². The minimum absolute atomic E-state index is 0.509. The Hall–Kier alpha value is -0.280. The van der Waals surface area contributed by atoms with Gasteiger partial charge < -0.3 is 10.2 Å². The van der Waals surface area contributed by atoms with E-state index in [1.54, 1.807) is 6.07 Å². The molecule has 90 valence electrons. The molecular formula is C12H18Cl2N2. The van der Waals surface area contributed by atoms with Gasteiger partial charge in [0.05, 0.1) is 0 Å². The molecule has 1 aromatic rings. The van der Waals surface area contributed by atoms with Crippen molar-refractivity contribution in [2.24, 2.45) is 0 Å². The largest absolute Gasteiger partial charge is 0.311 e. The van der Waals surface area contributed by atoms with Crippen LogP contribution >= 0.6 is 23.2 Å². The Kier molecular flexibility index (Phi) is 5.56. The highest BCUT2D eigenvalue weighted by atomic mass is 35.5. The predicted molar refractivity (Wildman–Crippen MR) is 71.3 cm³/mol. The minimum Gasteiger partial charge on any atom is -0.311 e. The van der Waals surface area contributed by atoms with Crippen LogP contribution in [0, 0.1) is 0 Å². The van der Waals surface area contributed by atoms with Gasteiger partial charge in [0.2, 0.25) is 0 Å². The summed E-state index contributed by atoms with van der Waals surface area (Å²) in [7, 11) is 4.14. The third kappa shape index (κ3) is 4.71. The van der Waals surface area contributed by atoms with Crippen molar-refractivity contribution in [3.8, 4) is 0 Å². The number of hydrogen-bond donors (Lipinski definition) is 1. The van der Waals surface area contributed by atoms with E-state index in [1.807, 2.05) is 12.1 Å². The van der Waals surface area contributed by atoms with E-state index in [2.05, 4.69) is 31.2 Å². The minimum atomic E-state index is 0.509. The SMILES string of the molecule is CC(CNCc1cc(Cl)cc(Cl)c1)N(C)C. The summed E-state index contributed by atoms with van der Waals surface area (Å²) in [5.41, 5.74) is 1.11. The van der Waals surface area contributed by atoms with Crippen LogP contribution in [0.2, 0.25) is 10.0 Å². The van der Waals surface area contributed by atoms with Crippen LogP contribution in [0.1, 0.15) is 12.5 Å². The molecule has 0 bridgehead atoms. The molecule has 0 radical (unpaired) electrons. The van der Waals surface area contributed by atoms with Gasteiger partial charge in [-0.05, 0) is 44.8 Å². The molecule has 2 nitrogen and oxygen atoms in total. The average Bonchev–Trinajstić information content (AvgIpc) is 2.15. The van der Waals surface area contributed by atoms with Crippen molar-refractivity contribution in [3.63, 3.8) is 0 Å². The number of nitrogens with zero attached hydrogens (tertiary/aromatic N) is 1. The van der Waals surface area contributed by atoms with Gasteiger partial charge in [0, 0.05) is 29.2 Å². The number of benzene rings is 1. The summed E-state index contributed by atoms with van der Waals surface area (Å²) in [5.74, 6) is 0. The molecule has 1 atom stereocenters. The van der Waals surface area contributed by atoms with Crippen molar-refractivity contribution in [1.29, 1.82) is 0 Å². The first-order valence-corrected chi connectivity index (χ1v) is 6.06. The molecular weight excluding hydrogens is 243 g/mol. The quantitative estimate of drug-likeness (QED) is 0.876. The fourth-order valence-electron chi connectivity index (χ4n) is 1.32. The zero-order chi connectivity index (χ0) is 12.1. The van der Waals surface area contributed by atoms with Crippen LogP contribution in [-0.2, 0) is 6.54 Å². The predicted octanol–water partition coefficient (Wildman–Crippen LogP) is 3.03. The van der Waals surface area contributed by atoms with E-state index in [9.17, 15) is 0 Å². The van der Waals surface area contributed by atoms with Crippen LogP contribution in [0.3, 0.4) is 0 Å². The molecule has 0 aliphatic carbocycles. The number of halogens is 2. The van der Waals surface area contributed by atoms with Gasteiger partial charge in [-0.3, -0.25) is 0 Å². The third-order valence-electron chi connectivity index (χ3n) is 2.57. The maximum Gasteiger partial charge on any atom is 0.0424 e. The van der Waals surface area contributed by atoms with Crippen molar-refractivity contribution >= 4 is 23.2 Å². The summed E-state index contributed by atoms with van der Waals surface area (Å²) in [4.78, 5) is 2.18. The Morgan fingerprint density at radius 3 is 2.25 bits per heavy atom. The van der Waals surface area contributed by atoms with Gasteiger partial charge >= 0.3 is 0 Å². The second-order valence-corrected chi connectivity index (χ2v) is 5.09. The summed E-state index contributed by atoms with van der Waals surface area (Å²) in [5, 5.41) is 4.75. The molecule has 1 N–H and O–H groups in total. The van der Waals surface area contributed by atoms with Crippen molar-refractivity contribution in [1.82, 2.24) is 10.2 Å². The fraction of sp³-hybridized carbons (Fsp3) is 0.500. The first-order valence-electron chi connectivity index (χ1n) is 5.31. The Morgan fingerprint density at radius 2 is 1.75 bits per heavy atom. The normalized spacial score (nSPS) is 13.1. The summed E-state index contributed by atoms with van der Waals surface area (Å²) in [6, 6.07) is 6.12. The standard InChI is InChI=1S/C12H18Cl2N2/c1-9(16(2)3)7-15-8-10-4-11(13)6-12(14)5-10/h4-6,9,15H,7-8H2,1-3H3. The molecule has 4 heteroatoms. The zero-order valence-corrected chi connectivity index (χ0v) is 11.4. The Balaban J connectivity index is 2.43. The number of hydrogen-bond acceptors (Lipinski definition) is 2. The van der Waals surface area contributed by atoms with Gasteiger partial charge in [0.25, 0.3) is 0 Å². The molecule has 1 rings (SSSR count). The molecule has 0 amide bonds. The Labute approximate surface area is 108 Å². The van der Waals surface area contributed by atoms with Crippen LogP contribution in [0.15, 0.2) is 18.2 Å². The second-order valence-electron chi connectivity index (χ2n) is 4.22. The first-order chi connectivity index (χ1) is 7.49. The first kappa shape index (κ1) is 13.8. The van der Waals surface area contributed by atoms with Gasteiger partial charge in [0.15, 0.2) is 0 Å². The summed E-state index contributed by atoms with van der Waals surface area (Å²) in [6.45, 7) is 3.91. The lowest BCUT2D eigenvalue weighted by atomic mass is 10.2. The lowest BCUT2D eigenvalue weighted by Crippen LogP contribution is -2.35. The average molecular weight is 261 g/mol. The van der Waals surface area contributed by atoms with Crippen LogP contribution in [0.5, 0.6) is 0 Å². The van der Waals surface area contributed by atoms with Gasteiger partial charge in [0.1, 0.15) is 0 Å². The molecule has 1 aromatic carbocycles. The molecule has 0 aliphatic rings. The Morgan fingerprint density at radius 1 is 1.19 bits per heavy atom. The maximum absolute atomic E-state index is 5.92. The van der Waals surface area contributed by atoms with Crippen molar-refractivity contribution < 1.29 is 0 Å². The number of likely N-dealkylation sites (N-methyl/N-ethyl adjacent to an activating group) is 1. The summed E-state index contributed by atoms with van der Waals surface area (Å²) >= 11 is 11.8. The van der Waals surface area contributed by atoms with Gasteiger partial charge in [-0.25, -0.2) is 0 Å². The molecule has 0 fully saturated rings. The number of nitrogens with one attached hydrogen (secondary N) is 1. The topological polar surface area (TPSA) is 15.3 Å².